The van der Waals surface area contributed by atoms with Gasteiger partial charge in [0.1, 0.15) is 0 Å². The molecular formula is C17H16F3N3. The summed E-state index contributed by atoms with van der Waals surface area (Å²) in [6.07, 6.45) is -4.51. The second kappa shape index (κ2) is 5.30. The number of alkyl halides is 3. The van der Waals surface area contributed by atoms with Crippen LogP contribution in [-0.2, 0) is 12.7 Å². The zero-order valence-corrected chi connectivity index (χ0v) is 12.8. The molecule has 0 aliphatic heterocycles. The van der Waals surface area contributed by atoms with Crippen molar-refractivity contribution >= 4 is 16.7 Å². The van der Waals surface area contributed by atoms with Gasteiger partial charge in [0.05, 0.1) is 11.0 Å². The predicted octanol–water partition coefficient (Wildman–Crippen LogP) is 4.30. The van der Waals surface area contributed by atoms with Crippen molar-refractivity contribution in [3.63, 3.8) is 0 Å². The molecule has 120 valence electrons. The number of nitrogens with zero attached hydrogens (tertiary/aromatic N) is 2. The van der Waals surface area contributed by atoms with Gasteiger partial charge in [-0.2, -0.15) is 13.2 Å². The van der Waals surface area contributed by atoms with Crippen LogP contribution in [0.15, 0.2) is 36.4 Å². The summed E-state index contributed by atoms with van der Waals surface area (Å²) in [6.45, 7) is 3.83. The third-order valence-corrected chi connectivity index (χ3v) is 3.94. The van der Waals surface area contributed by atoms with Gasteiger partial charge in [0, 0.05) is 12.2 Å². The molecule has 23 heavy (non-hydrogen) atoms. The Labute approximate surface area is 131 Å². The number of hydrogen-bond acceptors (Lipinski definition) is 2. The highest BCUT2D eigenvalue weighted by atomic mass is 19.4. The molecule has 2 aromatic carbocycles. The molecule has 0 atom stereocenters. The standard InChI is InChI=1S/C17H16F3N3/c1-10-7-14-15(8-11(10)2)23(16(22-14)17(18,19)20)9-12-3-5-13(21)6-4-12/h3-8H,9,21H2,1-2H3. The molecule has 0 spiro atoms. The van der Waals surface area contributed by atoms with Crippen LogP contribution in [0.25, 0.3) is 11.0 Å². The number of hydrogen-bond donors (Lipinski definition) is 1. The topological polar surface area (TPSA) is 43.8 Å². The molecule has 0 saturated carbocycles. The first kappa shape index (κ1) is 15.4. The zero-order chi connectivity index (χ0) is 16.8. The minimum absolute atomic E-state index is 0.0914. The fraction of sp³-hybridized carbons (Fsp3) is 0.235. The molecule has 0 fully saturated rings. The van der Waals surface area contributed by atoms with Gasteiger partial charge in [0.2, 0.25) is 5.82 Å². The number of imidazole rings is 1. The highest BCUT2D eigenvalue weighted by Crippen LogP contribution is 2.33. The van der Waals surface area contributed by atoms with E-state index in [1.165, 1.54) is 4.57 Å². The van der Waals surface area contributed by atoms with Crippen LogP contribution in [0.2, 0.25) is 0 Å². The van der Waals surface area contributed by atoms with Crippen molar-refractivity contribution in [2.24, 2.45) is 0 Å². The minimum Gasteiger partial charge on any atom is -0.399 e. The molecular weight excluding hydrogens is 303 g/mol. The SMILES string of the molecule is Cc1cc2nc(C(F)(F)F)n(Cc3ccc(N)cc3)c2cc1C. The number of nitrogen functional groups attached to an aromatic ring is 1. The average Bonchev–Trinajstić information content (AvgIpc) is 2.80. The monoisotopic (exact) mass is 319 g/mol. The number of benzene rings is 2. The second-order valence-electron chi connectivity index (χ2n) is 5.69. The fourth-order valence-corrected chi connectivity index (χ4v) is 2.56. The Hall–Kier alpha value is -2.50. The summed E-state index contributed by atoms with van der Waals surface area (Å²) in [6, 6.07) is 10.3. The van der Waals surface area contributed by atoms with Crippen molar-refractivity contribution in [1.82, 2.24) is 9.55 Å². The lowest BCUT2D eigenvalue weighted by atomic mass is 10.1. The Kier molecular flexibility index (Phi) is 3.55. The first-order chi connectivity index (χ1) is 10.8. The van der Waals surface area contributed by atoms with Gasteiger partial charge in [-0.3, -0.25) is 0 Å². The molecule has 3 rings (SSSR count). The number of rotatable bonds is 2. The molecule has 6 heteroatoms. The number of aryl methyl sites for hydroxylation is 2. The van der Waals surface area contributed by atoms with Gasteiger partial charge in [-0.05, 0) is 54.8 Å². The van der Waals surface area contributed by atoms with E-state index in [0.29, 0.717) is 16.7 Å². The van der Waals surface area contributed by atoms with Crippen molar-refractivity contribution in [3.8, 4) is 0 Å². The number of halogens is 3. The Bertz CT molecular complexity index is 861. The molecule has 1 heterocycles. The zero-order valence-electron chi connectivity index (χ0n) is 12.8. The molecule has 0 bridgehead atoms. The van der Waals surface area contributed by atoms with Crippen molar-refractivity contribution in [2.45, 2.75) is 26.6 Å². The highest BCUT2D eigenvalue weighted by Gasteiger charge is 2.37. The molecule has 0 unspecified atom stereocenters. The Morgan fingerprint density at radius 1 is 1.04 bits per heavy atom. The van der Waals surface area contributed by atoms with E-state index in [4.69, 9.17) is 5.73 Å². The van der Waals surface area contributed by atoms with Crippen LogP contribution in [0.5, 0.6) is 0 Å². The third kappa shape index (κ3) is 2.88. The first-order valence-corrected chi connectivity index (χ1v) is 7.15. The maximum Gasteiger partial charge on any atom is 0.449 e. The van der Waals surface area contributed by atoms with Crippen molar-refractivity contribution in [3.05, 3.63) is 58.9 Å². The van der Waals surface area contributed by atoms with Gasteiger partial charge in [-0.25, -0.2) is 4.98 Å². The van der Waals surface area contributed by atoms with Crippen molar-refractivity contribution in [2.75, 3.05) is 5.73 Å². The van der Waals surface area contributed by atoms with Gasteiger partial charge in [0.15, 0.2) is 0 Å². The smallest absolute Gasteiger partial charge is 0.399 e. The van der Waals surface area contributed by atoms with Crippen molar-refractivity contribution in [1.29, 1.82) is 0 Å². The first-order valence-electron chi connectivity index (χ1n) is 7.15. The summed E-state index contributed by atoms with van der Waals surface area (Å²) in [5.74, 6) is -0.880. The lowest BCUT2D eigenvalue weighted by molar-refractivity contribution is -0.146. The van der Waals surface area contributed by atoms with E-state index in [-0.39, 0.29) is 6.54 Å². The maximum absolute atomic E-state index is 13.4. The quantitative estimate of drug-likeness (QED) is 0.716. The van der Waals surface area contributed by atoms with E-state index in [0.717, 1.165) is 16.7 Å². The van der Waals surface area contributed by atoms with Gasteiger partial charge in [-0.1, -0.05) is 12.1 Å². The fourth-order valence-electron chi connectivity index (χ4n) is 2.56. The highest BCUT2D eigenvalue weighted by molar-refractivity contribution is 5.78. The van der Waals surface area contributed by atoms with Gasteiger partial charge in [0.25, 0.3) is 0 Å². The third-order valence-electron chi connectivity index (χ3n) is 3.94. The van der Waals surface area contributed by atoms with E-state index in [2.05, 4.69) is 4.98 Å². The van der Waals surface area contributed by atoms with Crippen LogP contribution in [-0.4, -0.2) is 9.55 Å². The Balaban J connectivity index is 2.19. The molecule has 0 amide bonds. The minimum atomic E-state index is -4.51. The molecule has 0 saturated heterocycles. The van der Waals surface area contributed by atoms with Crippen LogP contribution in [0, 0.1) is 13.8 Å². The largest absolute Gasteiger partial charge is 0.449 e. The molecule has 3 nitrogen and oxygen atoms in total. The lowest BCUT2D eigenvalue weighted by Crippen LogP contribution is -2.15. The lowest BCUT2D eigenvalue weighted by Gasteiger charge is -2.12. The van der Waals surface area contributed by atoms with Gasteiger partial charge < -0.3 is 10.3 Å². The van der Waals surface area contributed by atoms with Crippen LogP contribution in [0.1, 0.15) is 22.5 Å². The summed E-state index contributed by atoms with van der Waals surface area (Å²) in [4.78, 5) is 3.81. The van der Waals surface area contributed by atoms with E-state index >= 15 is 0 Å². The number of aromatic nitrogens is 2. The summed E-state index contributed by atoms with van der Waals surface area (Å²) in [5, 5.41) is 0. The maximum atomic E-state index is 13.4. The van der Waals surface area contributed by atoms with Gasteiger partial charge in [-0.15, -0.1) is 0 Å². The van der Waals surface area contributed by atoms with Gasteiger partial charge >= 0.3 is 6.18 Å². The number of anilines is 1. The van der Waals surface area contributed by atoms with E-state index in [1.54, 1.807) is 36.4 Å². The van der Waals surface area contributed by atoms with Crippen LogP contribution >= 0.6 is 0 Å². The van der Waals surface area contributed by atoms with E-state index < -0.39 is 12.0 Å². The predicted molar refractivity (Wildman–Crippen MR) is 84.2 cm³/mol. The molecule has 2 N–H and O–H groups in total. The molecule has 0 aliphatic rings. The molecule has 1 aromatic heterocycles. The summed E-state index contributed by atoms with van der Waals surface area (Å²) < 4.78 is 41.3. The molecule has 0 radical (unpaired) electrons. The Morgan fingerprint density at radius 3 is 2.26 bits per heavy atom. The molecule has 0 aliphatic carbocycles. The average molecular weight is 319 g/mol. The van der Waals surface area contributed by atoms with Crippen LogP contribution in [0.4, 0.5) is 18.9 Å². The van der Waals surface area contributed by atoms with Crippen LogP contribution < -0.4 is 5.73 Å². The van der Waals surface area contributed by atoms with E-state index in [9.17, 15) is 13.2 Å². The summed E-state index contributed by atoms with van der Waals surface area (Å²) in [7, 11) is 0. The summed E-state index contributed by atoms with van der Waals surface area (Å²) in [5.41, 5.74) is 9.64. The molecule has 3 aromatic rings. The number of fused-ring (bicyclic) bond motifs is 1. The second-order valence-corrected chi connectivity index (χ2v) is 5.69. The van der Waals surface area contributed by atoms with Crippen molar-refractivity contribution < 1.29 is 13.2 Å². The number of nitrogens with two attached hydrogens (primary N) is 1. The summed E-state index contributed by atoms with van der Waals surface area (Å²) >= 11 is 0. The normalized spacial score (nSPS) is 12.0. The van der Waals surface area contributed by atoms with E-state index in [1.807, 2.05) is 13.8 Å². The van der Waals surface area contributed by atoms with Crippen LogP contribution in [0.3, 0.4) is 0 Å². The Morgan fingerprint density at radius 2 is 1.65 bits per heavy atom.